The highest BCUT2D eigenvalue weighted by Crippen LogP contribution is 2.76. The van der Waals surface area contributed by atoms with Crippen LogP contribution >= 0.6 is 0 Å². The smallest absolute Gasteiger partial charge is 0.319 e. The Hall–Kier alpha value is -1.85. The van der Waals surface area contributed by atoms with Crippen LogP contribution in [0.15, 0.2) is 11.1 Å². The fourth-order valence-corrected chi connectivity index (χ4v) is 12.6. The normalized spacial score (nSPS) is 48.3. The topological polar surface area (TPSA) is 160 Å². The molecule has 13 atom stereocenters. The maximum atomic E-state index is 14.4. The Morgan fingerprint density at radius 2 is 1.54 bits per heavy atom. The number of allylic oxidation sites excluding steroid dienone is 1. The Morgan fingerprint density at radius 1 is 0.854 bits per heavy atom. The molecule has 4 saturated carbocycles. The zero-order valence-electron chi connectivity index (χ0n) is 30.1. The number of fused-ring (bicyclic) bond motifs is 7. The first-order valence-electron chi connectivity index (χ1n) is 18.3. The molecule has 5 aliphatic carbocycles. The molecule has 5 fully saturated rings. The van der Waals surface area contributed by atoms with Crippen LogP contribution in [0.4, 0.5) is 0 Å². The van der Waals surface area contributed by atoms with E-state index in [1.807, 2.05) is 13.8 Å². The molecular formula is C38H58O10. The molecule has 0 radical (unpaired) electrons. The molecule has 1 saturated heterocycles. The quantitative estimate of drug-likeness (QED) is 0.311. The summed E-state index contributed by atoms with van der Waals surface area (Å²) in [6.07, 6.45) is -0.995. The largest absolute Gasteiger partial charge is 0.462 e. The number of esters is 2. The van der Waals surface area contributed by atoms with Gasteiger partial charge >= 0.3 is 11.9 Å². The van der Waals surface area contributed by atoms with Gasteiger partial charge in [0, 0.05) is 18.8 Å². The first kappa shape index (κ1) is 36.0. The summed E-state index contributed by atoms with van der Waals surface area (Å²) >= 11 is 0. The van der Waals surface area contributed by atoms with E-state index < -0.39 is 48.7 Å². The third kappa shape index (κ3) is 4.85. The predicted octanol–water partition coefficient (Wildman–Crippen LogP) is 4.24. The van der Waals surface area contributed by atoms with Crippen molar-refractivity contribution in [2.24, 2.45) is 50.7 Å². The van der Waals surface area contributed by atoms with Crippen LogP contribution in [0.5, 0.6) is 0 Å². The van der Waals surface area contributed by atoms with E-state index in [-0.39, 0.29) is 57.8 Å². The van der Waals surface area contributed by atoms with Gasteiger partial charge in [0.1, 0.15) is 30.5 Å². The number of Topliss-reactive ketones (excluding diaryl/α,β-unsaturated/α-hetero) is 1. The van der Waals surface area contributed by atoms with Gasteiger partial charge in [0.25, 0.3) is 0 Å². The average molecular weight is 675 g/mol. The first-order chi connectivity index (χ1) is 22.3. The second-order valence-electron chi connectivity index (χ2n) is 17.8. The van der Waals surface area contributed by atoms with Gasteiger partial charge in [-0.15, -0.1) is 0 Å². The number of hydrogen-bond donors (Lipinski definition) is 4. The third-order valence-electron chi connectivity index (χ3n) is 15.1. The van der Waals surface area contributed by atoms with E-state index in [1.54, 1.807) is 0 Å². The number of carbonyl (C=O) groups excluding carboxylic acids is 3. The molecule has 0 aromatic heterocycles. The number of ketones is 1. The van der Waals surface area contributed by atoms with Crippen LogP contribution in [0.3, 0.4) is 0 Å². The second-order valence-corrected chi connectivity index (χ2v) is 17.8. The minimum atomic E-state index is -1.71. The molecular weight excluding hydrogens is 616 g/mol. The summed E-state index contributed by atoms with van der Waals surface area (Å²) in [5, 5.41) is 41.1. The lowest BCUT2D eigenvalue weighted by atomic mass is 9.33. The molecule has 10 nitrogen and oxygen atoms in total. The molecule has 4 N–H and O–H groups in total. The van der Waals surface area contributed by atoms with Crippen molar-refractivity contribution >= 4 is 17.7 Å². The molecule has 0 amide bonds. The summed E-state index contributed by atoms with van der Waals surface area (Å²) in [5.41, 5.74) is 0.0805. The van der Waals surface area contributed by atoms with Crippen LogP contribution in [0.2, 0.25) is 0 Å². The summed E-state index contributed by atoms with van der Waals surface area (Å²) in [5.74, 6) is -0.184. The van der Waals surface area contributed by atoms with Crippen LogP contribution in [-0.2, 0) is 28.6 Å². The maximum absolute atomic E-state index is 14.4. The van der Waals surface area contributed by atoms with Crippen molar-refractivity contribution in [2.45, 2.75) is 150 Å². The van der Waals surface area contributed by atoms with E-state index in [4.69, 9.17) is 14.2 Å². The lowest BCUT2D eigenvalue weighted by molar-refractivity contribution is -0.295. The SMILES string of the molecule is CC(=O)O[C@H]1CC[C@]2(C)[C@H]3CC[C@@H]4C5=C(C(C)C)C(=O)C[C@]5(C(=O)O[C@@H]5O[C@H](CO)[C@H](O)[C@H](O)[C@H]5O)CC[C@@]4(C)[C@]3(C)CC[C@H]2C1(C)C. The Balaban J connectivity index is 1.35. The van der Waals surface area contributed by atoms with Gasteiger partial charge < -0.3 is 34.6 Å². The molecule has 0 bridgehead atoms. The standard InChI is InChI=1S/C38H58O10/c1-19(2)27-22(41)17-38(33(45)48-32-31(44)30(43)29(42)23(18-39)47-32)16-15-36(7)21(28(27)38)9-10-25-35(6)13-12-26(46-20(3)40)34(4,5)24(35)11-14-37(25,36)8/h19,21,23-26,29-32,39,42-44H,9-18H2,1-8H3/t21-,23-,24+,25-,26+,29+,30+,31-,32+,35+,36-,37-,38-/m1/s1. The maximum Gasteiger partial charge on any atom is 0.319 e. The van der Waals surface area contributed by atoms with Gasteiger partial charge in [-0.1, -0.05) is 48.5 Å². The molecule has 1 heterocycles. The van der Waals surface area contributed by atoms with E-state index >= 15 is 0 Å². The van der Waals surface area contributed by atoms with Crippen molar-refractivity contribution in [3.8, 4) is 0 Å². The lowest BCUT2D eigenvalue weighted by Gasteiger charge is -2.72. The molecule has 0 unspecified atom stereocenters. The molecule has 6 rings (SSSR count). The summed E-state index contributed by atoms with van der Waals surface area (Å²) in [6.45, 7) is 16.8. The second kappa shape index (κ2) is 11.9. The highest BCUT2D eigenvalue weighted by atomic mass is 16.7. The Bertz CT molecular complexity index is 1370. The van der Waals surface area contributed by atoms with Gasteiger partial charge in [0.2, 0.25) is 6.29 Å². The first-order valence-corrected chi connectivity index (χ1v) is 18.3. The van der Waals surface area contributed by atoms with Crippen LogP contribution in [0.25, 0.3) is 0 Å². The molecule has 1 aliphatic heterocycles. The van der Waals surface area contributed by atoms with E-state index in [1.165, 1.54) is 6.92 Å². The number of aliphatic hydroxyl groups excluding tert-OH is 4. The third-order valence-corrected chi connectivity index (χ3v) is 15.1. The van der Waals surface area contributed by atoms with Crippen molar-refractivity contribution in [3.63, 3.8) is 0 Å². The van der Waals surface area contributed by atoms with Crippen molar-refractivity contribution < 1.29 is 49.0 Å². The monoisotopic (exact) mass is 674 g/mol. The fourth-order valence-electron chi connectivity index (χ4n) is 12.6. The minimum Gasteiger partial charge on any atom is -0.462 e. The molecule has 0 spiro atoms. The number of hydrogen-bond acceptors (Lipinski definition) is 10. The van der Waals surface area contributed by atoms with Crippen molar-refractivity contribution in [1.29, 1.82) is 0 Å². The van der Waals surface area contributed by atoms with E-state index in [2.05, 4.69) is 34.6 Å². The Labute approximate surface area is 285 Å². The summed E-state index contributed by atoms with van der Waals surface area (Å²) in [4.78, 5) is 40.4. The summed E-state index contributed by atoms with van der Waals surface area (Å²) in [6, 6.07) is 0. The highest BCUT2D eigenvalue weighted by molar-refractivity contribution is 6.06. The summed E-state index contributed by atoms with van der Waals surface area (Å²) in [7, 11) is 0. The van der Waals surface area contributed by atoms with E-state index in [0.29, 0.717) is 18.3 Å². The Morgan fingerprint density at radius 3 is 2.17 bits per heavy atom. The van der Waals surface area contributed by atoms with Gasteiger partial charge in [0.05, 0.1) is 12.0 Å². The zero-order valence-corrected chi connectivity index (χ0v) is 30.1. The summed E-state index contributed by atoms with van der Waals surface area (Å²) < 4.78 is 17.3. The van der Waals surface area contributed by atoms with Crippen LogP contribution < -0.4 is 0 Å². The van der Waals surface area contributed by atoms with Crippen LogP contribution in [0, 0.1) is 50.7 Å². The van der Waals surface area contributed by atoms with Gasteiger partial charge in [-0.05, 0) is 102 Å². The average Bonchev–Trinajstić information content (AvgIpc) is 3.32. The van der Waals surface area contributed by atoms with Gasteiger partial charge in [-0.25, -0.2) is 0 Å². The fraction of sp³-hybridized carbons (Fsp3) is 0.868. The van der Waals surface area contributed by atoms with E-state index in [9.17, 15) is 34.8 Å². The van der Waals surface area contributed by atoms with Crippen molar-refractivity contribution in [2.75, 3.05) is 6.61 Å². The molecule has 0 aromatic carbocycles. The number of aliphatic hydroxyl groups is 4. The van der Waals surface area contributed by atoms with Crippen LogP contribution in [0.1, 0.15) is 113 Å². The highest BCUT2D eigenvalue weighted by Gasteiger charge is 2.71. The van der Waals surface area contributed by atoms with Gasteiger partial charge in [0.15, 0.2) is 5.78 Å². The van der Waals surface area contributed by atoms with Crippen LogP contribution in [-0.4, -0.2) is 81.6 Å². The molecule has 0 aromatic rings. The predicted molar refractivity (Wildman–Crippen MR) is 175 cm³/mol. The molecule has 270 valence electrons. The van der Waals surface area contributed by atoms with Crippen molar-refractivity contribution in [1.82, 2.24) is 0 Å². The van der Waals surface area contributed by atoms with Crippen molar-refractivity contribution in [3.05, 3.63) is 11.1 Å². The molecule has 48 heavy (non-hydrogen) atoms. The van der Waals surface area contributed by atoms with Gasteiger partial charge in [-0.3, -0.25) is 14.4 Å². The zero-order chi connectivity index (χ0) is 35.4. The minimum absolute atomic E-state index is 0.00431. The number of ether oxygens (including phenoxy) is 3. The van der Waals surface area contributed by atoms with Gasteiger partial charge in [-0.2, -0.15) is 0 Å². The molecule has 6 aliphatic rings. The number of rotatable bonds is 5. The Kier molecular flexibility index (Phi) is 8.88. The molecule has 10 heteroatoms. The van der Waals surface area contributed by atoms with E-state index in [0.717, 1.165) is 56.1 Å². The number of carbonyl (C=O) groups is 3. The lowest BCUT2D eigenvalue weighted by Crippen LogP contribution is -2.66.